The number of nitrogens with zero attached hydrogens (tertiary/aromatic N) is 2. The van der Waals surface area contributed by atoms with Crippen LogP contribution in [0, 0.1) is 0 Å². The highest BCUT2D eigenvalue weighted by atomic mass is 35.5. The predicted octanol–water partition coefficient (Wildman–Crippen LogP) is 4.57. The van der Waals surface area contributed by atoms with E-state index in [9.17, 15) is 4.79 Å². The van der Waals surface area contributed by atoms with Gasteiger partial charge in [0.25, 0.3) is 5.91 Å². The maximum atomic E-state index is 12.3. The van der Waals surface area contributed by atoms with Crippen LogP contribution in [0.25, 0.3) is 0 Å². The Kier molecular flexibility index (Phi) is 5.91. The fraction of sp³-hybridized carbons (Fsp3) is 0.375. The summed E-state index contributed by atoms with van der Waals surface area (Å²) in [5.74, 6) is 0.868. The van der Waals surface area contributed by atoms with Crippen molar-refractivity contribution < 1.29 is 9.53 Å². The van der Waals surface area contributed by atoms with Crippen molar-refractivity contribution in [2.45, 2.75) is 39.3 Å². The summed E-state index contributed by atoms with van der Waals surface area (Å²) >= 11 is 11.8. The molecule has 0 spiro atoms. The van der Waals surface area contributed by atoms with Crippen molar-refractivity contribution in [3.05, 3.63) is 40.5 Å². The Labute approximate surface area is 145 Å². The highest BCUT2D eigenvalue weighted by Gasteiger charge is 2.18. The number of amides is 1. The smallest absolute Gasteiger partial charge is 0.266 e. The molecule has 0 saturated heterocycles. The number of halogens is 2. The lowest BCUT2D eigenvalue weighted by atomic mass is 10.3. The summed E-state index contributed by atoms with van der Waals surface area (Å²) in [6, 6.07) is 6.84. The number of rotatable bonds is 6. The third-order valence-electron chi connectivity index (χ3n) is 3.50. The van der Waals surface area contributed by atoms with Gasteiger partial charge in [0.1, 0.15) is 11.6 Å². The Hall–Kier alpha value is -1.72. The Bertz CT molecular complexity index is 688. The van der Waals surface area contributed by atoms with E-state index in [1.807, 2.05) is 6.92 Å². The van der Waals surface area contributed by atoms with E-state index in [-0.39, 0.29) is 11.9 Å². The number of benzene rings is 1. The first-order valence-corrected chi connectivity index (χ1v) is 8.14. The summed E-state index contributed by atoms with van der Waals surface area (Å²) in [6.07, 6.45) is 1.89. The summed E-state index contributed by atoms with van der Waals surface area (Å²) < 4.78 is 7.38. The van der Waals surface area contributed by atoms with Crippen LogP contribution in [-0.4, -0.2) is 21.8 Å². The summed E-state index contributed by atoms with van der Waals surface area (Å²) in [4.78, 5) is 12.3. The molecule has 124 valence electrons. The average molecular weight is 356 g/mol. The number of nitrogens with one attached hydrogen (secondary N) is 1. The number of ether oxygens (including phenoxy) is 1. The molecule has 0 radical (unpaired) electrons. The second-order valence-corrected chi connectivity index (χ2v) is 6.06. The molecular formula is C16H19Cl2N3O2. The topological polar surface area (TPSA) is 56.2 Å². The first-order chi connectivity index (χ1) is 10.9. The maximum absolute atomic E-state index is 12.3. The average Bonchev–Trinajstić information content (AvgIpc) is 2.98. The van der Waals surface area contributed by atoms with E-state index in [0.717, 1.165) is 6.42 Å². The van der Waals surface area contributed by atoms with Gasteiger partial charge in [-0.3, -0.25) is 4.79 Å². The van der Waals surface area contributed by atoms with Gasteiger partial charge in [0.05, 0.1) is 22.3 Å². The standard InChI is InChI=1S/C16H19Cl2N3O2/c1-4-10(2)21-15(7-8-19-21)20-16(22)11(3)23-12-5-6-13(17)14(18)9-12/h5-11H,4H2,1-3H3,(H,20,22)/t10-,11-/m0/s1. The minimum absolute atomic E-state index is 0.201. The van der Waals surface area contributed by atoms with E-state index >= 15 is 0 Å². The van der Waals surface area contributed by atoms with E-state index in [1.165, 1.54) is 0 Å². The van der Waals surface area contributed by atoms with Crippen LogP contribution in [0.1, 0.15) is 33.2 Å². The molecule has 2 atom stereocenters. The van der Waals surface area contributed by atoms with E-state index in [1.54, 1.807) is 42.1 Å². The molecule has 0 aliphatic carbocycles. The first kappa shape index (κ1) is 17.6. The van der Waals surface area contributed by atoms with Crippen molar-refractivity contribution in [1.29, 1.82) is 0 Å². The van der Waals surface area contributed by atoms with Crippen molar-refractivity contribution in [3.8, 4) is 5.75 Å². The monoisotopic (exact) mass is 355 g/mol. The first-order valence-electron chi connectivity index (χ1n) is 7.38. The quantitative estimate of drug-likeness (QED) is 0.825. The molecule has 5 nitrogen and oxygen atoms in total. The van der Waals surface area contributed by atoms with Crippen LogP contribution in [0.4, 0.5) is 5.82 Å². The fourth-order valence-electron chi connectivity index (χ4n) is 1.97. The molecule has 0 unspecified atom stereocenters. The Balaban J connectivity index is 2.03. The van der Waals surface area contributed by atoms with Gasteiger partial charge in [-0.15, -0.1) is 0 Å². The summed E-state index contributed by atoms with van der Waals surface area (Å²) in [7, 11) is 0. The maximum Gasteiger partial charge on any atom is 0.266 e. The molecule has 1 amide bonds. The minimum Gasteiger partial charge on any atom is -0.481 e. The highest BCUT2D eigenvalue weighted by Crippen LogP contribution is 2.27. The molecule has 0 aliphatic heterocycles. The van der Waals surface area contributed by atoms with Crippen LogP contribution in [0.5, 0.6) is 5.75 Å². The van der Waals surface area contributed by atoms with Crippen LogP contribution in [0.15, 0.2) is 30.5 Å². The van der Waals surface area contributed by atoms with Crippen LogP contribution >= 0.6 is 23.2 Å². The normalized spacial score (nSPS) is 13.4. The number of carbonyl (C=O) groups excluding carboxylic acids is 1. The van der Waals surface area contributed by atoms with Crippen LogP contribution < -0.4 is 10.1 Å². The molecule has 1 heterocycles. The van der Waals surface area contributed by atoms with Crippen molar-refractivity contribution in [2.75, 3.05) is 5.32 Å². The van der Waals surface area contributed by atoms with Crippen LogP contribution in [-0.2, 0) is 4.79 Å². The SMILES string of the molecule is CC[C@H](C)n1nccc1NC(=O)[C@H](C)Oc1ccc(Cl)c(Cl)c1. The zero-order valence-electron chi connectivity index (χ0n) is 13.2. The van der Waals surface area contributed by atoms with Gasteiger partial charge in [-0.1, -0.05) is 30.1 Å². The third kappa shape index (κ3) is 4.39. The lowest BCUT2D eigenvalue weighted by Crippen LogP contribution is -2.31. The second kappa shape index (κ2) is 7.70. The molecule has 0 fully saturated rings. The van der Waals surface area contributed by atoms with Gasteiger partial charge in [0.2, 0.25) is 0 Å². The van der Waals surface area contributed by atoms with Gasteiger partial charge in [0.15, 0.2) is 6.10 Å². The Morgan fingerprint density at radius 2 is 2.04 bits per heavy atom. The largest absolute Gasteiger partial charge is 0.481 e. The van der Waals surface area contributed by atoms with Gasteiger partial charge in [0, 0.05) is 12.1 Å². The number of carbonyl (C=O) groups is 1. The van der Waals surface area contributed by atoms with Gasteiger partial charge >= 0.3 is 0 Å². The Morgan fingerprint density at radius 3 is 2.70 bits per heavy atom. The van der Waals surface area contributed by atoms with Crippen molar-refractivity contribution >= 4 is 34.9 Å². The summed E-state index contributed by atoms with van der Waals surface area (Å²) in [5, 5.41) is 7.88. The van der Waals surface area contributed by atoms with Gasteiger partial charge in [-0.25, -0.2) is 4.68 Å². The van der Waals surface area contributed by atoms with Gasteiger partial charge < -0.3 is 10.1 Å². The summed E-state index contributed by atoms with van der Waals surface area (Å²) in [6.45, 7) is 5.77. The molecule has 0 aliphatic rings. The molecular weight excluding hydrogens is 337 g/mol. The minimum atomic E-state index is -0.687. The zero-order valence-corrected chi connectivity index (χ0v) is 14.7. The molecule has 1 N–H and O–H groups in total. The van der Waals surface area contributed by atoms with Gasteiger partial charge in [-0.2, -0.15) is 5.10 Å². The molecule has 2 rings (SSSR count). The van der Waals surface area contributed by atoms with E-state index in [2.05, 4.69) is 17.3 Å². The van der Waals surface area contributed by atoms with E-state index < -0.39 is 6.10 Å². The van der Waals surface area contributed by atoms with Gasteiger partial charge in [-0.05, 0) is 32.4 Å². The number of anilines is 1. The van der Waals surface area contributed by atoms with Crippen molar-refractivity contribution in [1.82, 2.24) is 9.78 Å². The van der Waals surface area contributed by atoms with E-state index in [4.69, 9.17) is 27.9 Å². The fourth-order valence-corrected chi connectivity index (χ4v) is 2.26. The van der Waals surface area contributed by atoms with Crippen molar-refractivity contribution in [3.63, 3.8) is 0 Å². The molecule has 23 heavy (non-hydrogen) atoms. The molecule has 1 aromatic heterocycles. The molecule has 0 bridgehead atoms. The number of aromatic nitrogens is 2. The number of hydrogen-bond donors (Lipinski definition) is 1. The van der Waals surface area contributed by atoms with E-state index in [0.29, 0.717) is 21.6 Å². The molecule has 0 saturated carbocycles. The van der Waals surface area contributed by atoms with Crippen LogP contribution in [0.2, 0.25) is 10.0 Å². The zero-order chi connectivity index (χ0) is 17.0. The second-order valence-electron chi connectivity index (χ2n) is 5.24. The molecule has 2 aromatic rings. The Morgan fingerprint density at radius 1 is 1.30 bits per heavy atom. The third-order valence-corrected chi connectivity index (χ3v) is 4.24. The predicted molar refractivity (Wildman–Crippen MR) is 92.4 cm³/mol. The lowest BCUT2D eigenvalue weighted by Gasteiger charge is -2.17. The highest BCUT2D eigenvalue weighted by molar-refractivity contribution is 6.42. The number of hydrogen-bond acceptors (Lipinski definition) is 3. The summed E-state index contributed by atoms with van der Waals surface area (Å²) in [5.41, 5.74) is 0. The lowest BCUT2D eigenvalue weighted by molar-refractivity contribution is -0.122. The molecule has 1 aromatic carbocycles. The van der Waals surface area contributed by atoms with Crippen molar-refractivity contribution in [2.24, 2.45) is 0 Å². The van der Waals surface area contributed by atoms with Crippen LogP contribution in [0.3, 0.4) is 0 Å². The molecule has 7 heteroatoms.